The minimum atomic E-state index is -0.360. The Morgan fingerprint density at radius 2 is 1.41 bits per heavy atom. The molecule has 1 amide bonds. The molecule has 6 heteroatoms. The molecule has 0 radical (unpaired) electrons. The van der Waals surface area contributed by atoms with Gasteiger partial charge in [0, 0.05) is 44.7 Å². The van der Waals surface area contributed by atoms with E-state index in [0.717, 1.165) is 44.9 Å². The van der Waals surface area contributed by atoms with Crippen molar-refractivity contribution >= 4 is 18.5 Å². The second-order valence-corrected chi connectivity index (χ2v) is 7.56. The van der Waals surface area contributed by atoms with Gasteiger partial charge in [-0.3, -0.25) is 4.79 Å². The van der Waals surface area contributed by atoms with Crippen molar-refractivity contribution < 1.29 is 4.79 Å². The summed E-state index contributed by atoms with van der Waals surface area (Å²) in [6.07, 6.45) is 0.831. The van der Waals surface area contributed by atoms with Gasteiger partial charge in [0.2, 0.25) is 5.91 Å². The van der Waals surface area contributed by atoms with Crippen LogP contribution < -0.4 is 21.3 Å². The molecule has 0 bridgehead atoms. The number of carbonyl (C=O) groups excluding carboxylic acids is 1. The Morgan fingerprint density at radius 1 is 0.909 bits per heavy atom. The van der Waals surface area contributed by atoms with E-state index in [1.807, 2.05) is 20.9 Å². The Hall–Kier alpha value is -0.300. The smallest absolute Gasteiger partial charge is 0.225 e. The topological polar surface area (TPSA) is 65.2 Å². The van der Waals surface area contributed by atoms with E-state index < -0.39 is 0 Å². The van der Waals surface area contributed by atoms with Crippen molar-refractivity contribution in [3.63, 3.8) is 0 Å². The molecule has 0 heterocycles. The number of hydrogen-bond acceptors (Lipinski definition) is 5. The lowest BCUT2D eigenvalue weighted by atomic mass is 9.75. The Morgan fingerprint density at radius 3 is 1.91 bits per heavy atom. The van der Waals surface area contributed by atoms with Gasteiger partial charge in [-0.15, -0.1) is 0 Å². The van der Waals surface area contributed by atoms with Crippen LogP contribution in [-0.4, -0.2) is 58.0 Å². The monoisotopic (exact) mass is 332 g/mol. The standard InChI is InChI=1S/C16H36N4OS/c1-15(2,13-22)12-16(3,4)14(21)20-11-10-19-9-8-18-7-6-17-5/h17-19,22H,6-13H2,1-5H3,(H,20,21). The predicted molar refractivity (Wildman–Crippen MR) is 98.7 cm³/mol. The molecule has 0 fully saturated rings. The zero-order chi connectivity index (χ0) is 17.1. The molecule has 4 N–H and O–H groups in total. The molecule has 0 unspecified atom stereocenters. The molecule has 22 heavy (non-hydrogen) atoms. The number of likely N-dealkylation sites (N-methyl/N-ethyl adjacent to an activating group) is 1. The summed E-state index contributed by atoms with van der Waals surface area (Å²) in [5.41, 5.74) is -0.290. The summed E-state index contributed by atoms with van der Waals surface area (Å²) < 4.78 is 0. The van der Waals surface area contributed by atoms with Gasteiger partial charge in [-0.1, -0.05) is 27.7 Å². The zero-order valence-electron chi connectivity index (χ0n) is 15.0. The molecule has 0 aromatic carbocycles. The van der Waals surface area contributed by atoms with E-state index in [1.54, 1.807) is 0 Å². The van der Waals surface area contributed by atoms with Crippen LogP contribution in [0, 0.1) is 10.8 Å². The SMILES string of the molecule is CNCCNCCNCCNC(=O)C(C)(C)CC(C)(C)CS. The van der Waals surface area contributed by atoms with E-state index in [-0.39, 0.29) is 16.7 Å². The molecule has 0 rings (SSSR count). The maximum absolute atomic E-state index is 12.3. The van der Waals surface area contributed by atoms with E-state index >= 15 is 0 Å². The van der Waals surface area contributed by atoms with Crippen molar-refractivity contribution in [1.29, 1.82) is 0 Å². The molecule has 0 aliphatic heterocycles. The molecular formula is C16H36N4OS. The predicted octanol–water partition coefficient (Wildman–Crippen LogP) is 0.874. The van der Waals surface area contributed by atoms with Crippen LogP contribution in [0.25, 0.3) is 0 Å². The fourth-order valence-electron chi connectivity index (χ4n) is 2.48. The minimum Gasteiger partial charge on any atom is -0.354 e. The first-order valence-electron chi connectivity index (χ1n) is 8.20. The van der Waals surface area contributed by atoms with Gasteiger partial charge in [0.05, 0.1) is 0 Å². The summed E-state index contributed by atoms with van der Waals surface area (Å²) in [4.78, 5) is 12.3. The summed E-state index contributed by atoms with van der Waals surface area (Å²) in [5, 5.41) is 12.8. The van der Waals surface area contributed by atoms with Gasteiger partial charge < -0.3 is 21.3 Å². The quantitative estimate of drug-likeness (QED) is 0.257. The van der Waals surface area contributed by atoms with Crippen LogP contribution in [0.2, 0.25) is 0 Å². The van der Waals surface area contributed by atoms with E-state index in [4.69, 9.17) is 0 Å². The van der Waals surface area contributed by atoms with Crippen LogP contribution in [0.4, 0.5) is 0 Å². The van der Waals surface area contributed by atoms with Crippen molar-refractivity contribution in [3.05, 3.63) is 0 Å². The molecule has 132 valence electrons. The van der Waals surface area contributed by atoms with Crippen molar-refractivity contribution in [2.24, 2.45) is 10.8 Å². The summed E-state index contributed by atoms with van der Waals surface area (Å²) >= 11 is 4.37. The Bertz CT molecular complexity index is 309. The third kappa shape index (κ3) is 10.4. The number of carbonyl (C=O) groups is 1. The fraction of sp³-hybridized carbons (Fsp3) is 0.938. The molecule has 0 aromatic rings. The number of hydrogen-bond donors (Lipinski definition) is 5. The minimum absolute atomic E-state index is 0.0707. The lowest BCUT2D eigenvalue weighted by Gasteiger charge is -2.32. The van der Waals surface area contributed by atoms with Gasteiger partial charge in [0.25, 0.3) is 0 Å². The van der Waals surface area contributed by atoms with E-state index in [1.165, 1.54) is 0 Å². The molecule has 0 aromatic heterocycles. The van der Waals surface area contributed by atoms with E-state index in [0.29, 0.717) is 6.54 Å². The molecule has 5 nitrogen and oxygen atoms in total. The summed E-state index contributed by atoms with van der Waals surface area (Å²) in [6, 6.07) is 0. The fourth-order valence-corrected chi connectivity index (χ4v) is 2.59. The average Bonchev–Trinajstić information content (AvgIpc) is 2.44. The van der Waals surface area contributed by atoms with E-state index in [2.05, 4.69) is 47.7 Å². The average molecular weight is 333 g/mol. The highest BCUT2D eigenvalue weighted by molar-refractivity contribution is 7.80. The summed E-state index contributed by atoms with van der Waals surface area (Å²) in [7, 11) is 1.95. The highest BCUT2D eigenvalue weighted by Gasteiger charge is 2.33. The van der Waals surface area contributed by atoms with Crippen molar-refractivity contribution in [3.8, 4) is 0 Å². The molecule has 0 saturated heterocycles. The molecule has 0 aliphatic rings. The first-order valence-corrected chi connectivity index (χ1v) is 8.83. The number of thiol groups is 1. The Labute approximate surface area is 142 Å². The first kappa shape index (κ1) is 21.7. The van der Waals surface area contributed by atoms with Crippen LogP contribution in [0.3, 0.4) is 0 Å². The van der Waals surface area contributed by atoms with E-state index in [9.17, 15) is 4.79 Å². The van der Waals surface area contributed by atoms with Crippen LogP contribution in [-0.2, 0) is 4.79 Å². The molecule has 0 atom stereocenters. The second kappa shape index (κ2) is 11.3. The summed E-state index contributed by atoms with van der Waals surface area (Å²) in [6.45, 7) is 13.6. The van der Waals surface area contributed by atoms with Gasteiger partial charge >= 0.3 is 0 Å². The lowest BCUT2D eigenvalue weighted by Crippen LogP contribution is -2.43. The number of amides is 1. The number of rotatable bonds is 13. The molecule has 0 spiro atoms. The maximum atomic E-state index is 12.3. The maximum Gasteiger partial charge on any atom is 0.225 e. The third-order valence-electron chi connectivity index (χ3n) is 3.58. The highest BCUT2D eigenvalue weighted by Crippen LogP contribution is 2.34. The molecule has 0 saturated carbocycles. The Balaban J connectivity index is 3.76. The lowest BCUT2D eigenvalue weighted by molar-refractivity contribution is -0.130. The highest BCUT2D eigenvalue weighted by atomic mass is 32.1. The first-order chi connectivity index (χ1) is 10.2. The van der Waals surface area contributed by atoms with Crippen molar-refractivity contribution in [1.82, 2.24) is 21.3 Å². The van der Waals surface area contributed by atoms with Crippen molar-refractivity contribution in [2.45, 2.75) is 34.1 Å². The van der Waals surface area contributed by atoms with Crippen LogP contribution >= 0.6 is 12.6 Å². The van der Waals surface area contributed by atoms with Crippen molar-refractivity contribution in [2.75, 3.05) is 52.1 Å². The van der Waals surface area contributed by atoms with Gasteiger partial charge in [-0.2, -0.15) is 12.6 Å². The van der Waals surface area contributed by atoms with Gasteiger partial charge in [0.15, 0.2) is 0 Å². The third-order valence-corrected chi connectivity index (χ3v) is 4.44. The second-order valence-electron chi connectivity index (χ2n) is 7.24. The normalized spacial score (nSPS) is 12.5. The van der Waals surface area contributed by atoms with Gasteiger partial charge in [-0.05, 0) is 24.6 Å². The van der Waals surface area contributed by atoms with Crippen LogP contribution in [0.5, 0.6) is 0 Å². The van der Waals surface area contributed by atoms with Crippen LogP contribution in [0.15, 0.2) is 0 Å². The van der Waals surface area contributed by atoms with Gasteiger partial charge in [-0.25, -0.2) is 0 Å². The largest absolute Gasteiger partial charge is 0.354 e. The Kier molecular flexibility index (Phi) is 11.1. The van der Waals surface area contributed by atoms with Crippen LogP contribution in [0.1, 0.15) is 34.1 Å². The van der Waals surface area contributed by atoms with Gasteiger partial charge in [0.1, 0.15) is 0 Å². The molecular weight excluding hydrogens is 296 g/mol. The summed E-state index contributed by atoms with van der Waals surface area (Å²) in [5.74, 6) is 0.905. The molecule has 0 aliphatic carbocycles. The zero-order valence-corrected chi connectivity index (χ0v) is 15.9. The number of nitrogens with one attached hydrogen (secondary N) is 4.